The van der Waals surface area contributed by atoms with Crippen molar-refractivity contribution in [1.82, 2.24) is 25.4 Å². The van der Waals surface area contributed by atoms with Crippen LogP contribution in [0.3, 0.4) is 0 Å². The van der Waals surface area contributed by atoms with Crippen molar-refractivity contribution in [3.63, 3.8) is 0 Å². The highest BCUT2D eigenvalue weighted by atomic mass is 16.1. The van der Waals surface area contributed by atoms with Gasteiger partial charge in [-0.15, -0.1) is 0 Å². The molecule has 1 saturated carbocycles. The normalized spacial score (nSPS) is 21.8. The minimum absolute atomic E-state index is 0.00374. The number of pyridine rings is 1. The fourth-order valence-corrected chi connectivity index (χ4v) is 5.92. The Morgan fingerprint density at radius 1 is 1.11 bits per heavy atom. The van der Waals surface area contributed by atoms with Gasteiger partial charge >= 0.3 is 0 Å². The molecule has 2 aromatic carbocycles. The first-order valence-corrected chi connectivity index (χ1v) is 12.8. The number of anilines is 1. The molecule has 2 aromatic heterocycles. The zero-order valence-electron chi connectivity index (χ0n) is 20.7. The number of hydrogen-bond acceptors (Lipinski definition) is 5. The van der Waals surface area contributed by atoms with Crippen LogP contribution < -0.4 is 15.5 Å². The molecule has 3 saturated heterocycles. The van der Waals surface area contributed by atoms with Gasteiger partial charge in [-0.1, -0.05) is 24.3 Å². The number of nitrogens with one attached hydrogen (secondary N) is 2. The van der Waals surface area contributed by atoms with Crippen LogP contribution >= 0.6 is 0 Å². The third-order valence-corrected chi connectivity index (χ3v) is 8.09. The number of nitrogens with zero attached hydrogens (tertiary/aromatic N) is 4. The van der Waals surface area contributed by atoms with Gasteiger partial charge in [0.25, 0.3) is 5.91 Å². The number of aromatic nitrogens is 3. The number of amides is 1. The summed E-state index contributed by atoms with van der Waals surface area (Å²) >= 11 is 0. The van der Waals surface area contributed by atoms with Crippen LogP contribution in [0.1, 0.15) is 40.7 Å². The lowest BCUT2D eigenvalue weighted by Crippen LogP contribution is -2.67. The zero-order valence-corrected chi connectivity index (χ0v) is 20.7. The number of para-hydroxylation sites is 1. The molecule has 2 bridgehead atoms. The Bertz CT molecular complexity index is 1490. The van der Waals surface area contributed by atoms with Gasteiger partial charge in [0, 0.05) is 60.6 Å². The van der Waals surface area contributed by atoms with E-state index in [-0.39, 0.29) is 11.4 Å². The Morgan fingerprint density at radius 2 is 1.89 bits per heavy atom. The average Bonchev–Trinajstić information content (AvgIpc) is 3.52. The van der Waals surface area contributed by atoms with Gasteiger partial charge in [-0.3, -0.25) is 9.48 Å². The van der Waals surface area contributed by atoms with Crippen molar-refractivity contribution >= 4 is 22.5 Å². The second-order valence-electron chi connectivity index (χ2n) is 10.7. The lowest BCUT2D eigenvalue weighted by atomic mass is 9.90. The van der Waals surface area contributed by atoms with Crippen molar-refractivity contribution in [2.45, 2.75) is 43.8 Å². The number of carbonyl (C=O) groups excluding carboxylic acids is 1. The van der Waals surface area contributed by atoms with Crippen molar-refractivity contribution in [2.24, 2.45) is 7.05 Å². The molecule has 0 unspecified atom stereocenters. The molecule has 7 heteroatoms. The highest BCUT2D eigenvalue weighted by molar-refractivity contribution is 5.98. The van der Waals surface area contributed by atoms with Gasteiger partial charge in [0.15, 0.2) is 0 Å². The molecule has 4 aromatic rings. The van der Waals surface area contributed by atoms with E-state index < -0.39 is 0 Å². The number of hydrogen-bond donors (Lipinski definition) is 2. The molecule has 7 nitrogen and oxygen atoms in total. The maximum Gasteiger partial charge on any atom is 0.252 e. The molecule has 4 fully saturated rings. The molecule has 8 rings (SSSR count). The van der Waals surface area contributed by atoms with E-state index in [1.165, 1.54) is 6.42 Å². The molecule has 2 atom stereocenters. The molecular formula is C29H30N6O. The third-order valence-electron chi connectivity index (χ3n) is 8.09. The first kappa shape index (κ1) is 21.6. The zero-order chi connectivity index (χ0) is 24.4. The van der Waals surface area contributed by atoms with Crippen molar-refractivity contribution < 1.29 is 4.79 Å². The Morgan fingerprint density at radius 3 is 2.61 bits per heavy atom. The predicted molar refractivity (Wildman–Crippen MR) is 141 cm³/mol. The molecule has 2 N–H and O–H groups in total. The van der Waals surface area contributed by atoms with Gasteiger partial charge in [-0.05, 0) is 61.6 Å². The highest BCUT2D eigenvalue weighted by Crippen LogP contribution is 2.49. The van der Waals surface area contributed by atoms with Gasteiger partial charge in [0.05, 0.1) is 22.9 Å². The molecular weight excluding hydrogens is 448 g/mol. The molecule has 1 amide bonds. The molecule has 0 radical (unpaired) electrons. The van der Waals surface area contributed by atoms with E-state index in [9.17, 15) is 4.79 Å². The van der Waals surface area contributed by atoms with Crippen LogP contribution in [0.4, 0.5) is 5.69 Å². The third kappa shape index (κ3) is 3.57. The van der Waals surface area contributed by atoms with E-state index >= 15 is 0 Å². The van der Waals surface area contributed by atoms with Crippen molar-refractivity contribution in [3.8, 4) is 11.3 Å². The van der Waals surface area contributed by atoms with Gasteiger partial charge in [0.1, 0.15) is 0 Å². The second kappa shape index (κ2) is 7.90. The van der Waals surface area contributed by atoms with E-state index in [0.717, 1.165) is 70.5 Å². The Kier molecular flexibility index (Phi) is 4.73. The smallest absolute Gasteiger partial charge is 0.252 e. The summed E-state index contributed by atoms with van der Waals surface area (Å²) in [7, 11) is 1.91. The van der Waals surface area contributed by atoms with Crippen LogP contribution in [-0.4, -0.2) is 45.8 Å². The van der Waals surface area contributed by atoms with Gasteiger partial charge in [-0.25, -0.2) is 4.98 Å². The molecule has 36 heavy (non-hydrogen) atoms. The number of carbonyl (C=O) groups is 1. The summed E-state index contributed by atoms with van der Waals surface area (Å²) in [6.45, 7) is 4.03. The van der Waals surface area contributed by atoms with E-state index in [2.05, 4.69) is 51.0 Å². The quantitative estimate of drug-likeness (QED) is 0.455. The maximum absolute atomic E-state index is 13.7. The summed E-state index contributed by atoms with van der Waals surface area (Å²) in [5, 5.41) is 12.5. The minimum atomic E-state index is -0.379. The van der Waals surface area contributed by atoms with Gasteiger partial charge in [-0.2, -0.15) is 5.10 Å². The second-order valence-corrected chi connectivity index (χ2v) is 10.7. The first-order valence-electron chi connectivity index (χ1n) is 12.8. The van der Waals surface area contributed by atoms with Gasteiger partial charge in [0.2, 0.25) is 0 Å². The Labute approximate surface area is 210 Å². The van der Waals surface area contributed by atoms with Crippen LogP contribution in [0.5, 0.6) is 0 Å². The maximum atomic E-state index is 13.7. The molecule has 0 spiro atoms. The first-order chi connectivity index (χ1) is 17.5. The van der Waals surface area contributed by atoms with Crippen LogP contribution in [0.25, 0.3) is 22.2 Å². The Hall–Kier alpha value is -3.71. The van der Waals surface area contributed by atoms with Crippen molar-refractivity contribution in [1.29, 1.82) is 0 Å². The Balaban J connectivity index is 1.23. The summed E-state index contributed by atoms with van der Waals surface area (Å²) in [4.78, 5) is 21.0. The van der Waals surface area contributed by atoms with Crippen LogP contribution in [0, 0.1) is 6.92 Å². The van der Waals surface area contributed by atoms with Crippen LogP contribution in [0.2, 0.25) is 0 Å². The molecule has 4 aliphatic rings. The predicted octanol–water partition coefficient (Wildman–Crippen LogP) is 3.91. The van der Waals surface area contributed by atoms with Gasteiger partial charge < -0.3 is 15.5 Å². The summed E-state index contributed by atoms with van der Waals surface area (Å²) in [5.74, 6) is -0.00374. The fourth-order valence-electron chi connectivity index (χ4n) is 5.92. The summed E-state index contributed by atoms with van der Waals surface area (Å²) in [6, 6.07) is 17.8. The largest absolute Gasteiger partial charge is 0.368 e. The molecule has 1 aliphatic carbocycles. The number of rotatable bonds is 5. The number of aryl methyl sites for hydroxylation is 2. The monoisotopic (exact) mass is 478 g/mol. The standard InChI is InChI=1S/C29H30N6O/c1-18-7-8-22(35-16-20-11-21(17-35)31-20)12-24(18)28(36)33-29(9-10-29)25-13-27(19-14-30-34(2)15-19)32-26-6-4-3-5-23(25)26/h3-8,12-15,20-21,31H,9-11,16-17H2,1-2H3,(H,33,36)/t20-,21+. The van der Waals surface area contributed by atoms with E-state index in [1.54, 1.807) is 4.68 Å². The summed E-state index contributed by atoms with van der Waals surface area (Å²) < 4.78 is 1.79. The minimum Gasteiger partial charge on any atom is -0.368 e. The van der Waals surface area contributed by atoms with Crippen LogP contribution in [0.15, 0.2) is 60.9 Å². The molecule has 3 aliphatic heterocycles. The molecule has 182 valence electrons. The van der Waals surface area contributed by atoms with Crippen molar-refractivity contribution in [3.05, 3.63) is 77.6 Å². The fraction of sp³-hybridized carbons (Fsp3) is 0.345. The number of fused-ring (bicyclic) bond motifs is 3. The number of piperazine rings is 1. The SMILES string of the molecule is Cc1ccc(N2C[C@H]3C[C@@H](C2)N3)cc1C(=O)NC1(c2cc(-c3cnn(C)c3)nc3ccccc23)CC1. The topological polar surface area (TPSA) is 75.1 Å². The number of piperidine rings is 1. The van der Waals surface area contributed by atoms with E-state index in [0.29, 0.717) is 12.1 Å². The summed E-state index contributed by atoms with van der Waals surface area (Å²) in [6.07, 6.45) is 6.92. The van der Waals surface area contributed by atoms with Crippen molar-refractivity contribution in [2.75, 3.05) is 18.0 Å². The van der Waals surface area contributed by atoms with E-state index in [1.807, 2.05) is 44.6 Å². The lowest BCUT2D eigenvalue weighted by molar-refractivity contribution is 0.0930. The number of benzene rings is 2. The average molecular weight is 479 g/mol. The molecule has 5 heterocycles. The lowest BCUT2D eigenvalue weighted by Gasteiger charge is -2.49. The van der Waals surface area contributed by atoms with Crippen LogP contribution in [-0.2, 0) is 12.6 Å². The summed E-state index contributed by atoms with van der Waals surface area (Å²) in [5.41, 5.74) is 6.45. The highest BCUT2D eigenvalue weighted by Gasteiger charge is 2.47. The van der Waals surface area contributed by atoms with E-state index in [4.69, 9.17) is 4.98 Å².